The molecule has 2 rings (SSSR count). The highest BCUT2D eigenvalue weighted by Gasteiger charge is 2.04. The molecule has 0 saturated heterocycles. The van der Waals surface area contributed by atoms with Crippen molar-refractivity contribution < 1.29 is 0 Å². The molecule has 94 valence electrons. The molecule has 0 unspecified atom stereocenters. The van der Waals surface area contributed by atoms with Crippen molar-refractivity contribution in [2.45, 2.75) is 6.92 Å². The first-order valence-electron chi connectivity index (χ1n) is 5.44. The molecule has 0 spiro atoms. The predicted molar refractivity (Wildman–Crippen MR) is 78.2 cm³/mol. The van der Waals surface area contributed by atoms with Crippen LogP contribution >= 0.6 is 15.9 Å². The molecular formula is C12H14BrN5. The lowest BCUT2D eigenvalue weighted by Gasteiger charge is -2.10. The molecule has 5 nitrogen and oxygen atoms in total. The highest BCUT2D eigenvalue weighted by Crippen LogP contribution is 2.24. The van der Waals surface area contributed by atoms with Gasteiger partial charge in [-0.2, -0.15) is 9.97 Å². The molecule has 0 radical (unpaired) electrons. The van der Waals surface area contributed by atoms with Gasteiger partial charge in [-0.05, 0) is 30.7 Å². The van der Waals surface area contributed by atoms with Crippen molar-refractivity contribution in [1.82, 2.24) is 9.97 Å². The Morgan fingerprint density at radius 2 is 1.89 bits per heavy atom. The third kappa shape index (κ3) is 2.89. The summed E-state index contributed by atoms with van der Waals surface area (Å²) >= 11 is 3.43. The number of aryl methyl sites for hydroxylation is 1. The summed E-state index contributed by atoms with van der Waals surface area (Å²) in [6.07, 6.45) is 0. The Morgan fingerprint density at radius 3 is 2.56 bits per heavy atom. The smallest absolute Gasteiger partial charge is 0.223 e. The normalized spacial score (nSPS) is 10.2. The summed E-state index contributed by atoms with van der Waals surface area (Å²) in [4.78, 5) is 8.18. The average molecular weight is 308 g/mol. The highest BCUT2D eigenvalue weighted by molar-refractivity contribution is 9.10. The number of nitrogens with one attached hydrogen (secondary N) is 2. The standard InChI is InChI=1S/C12H14BrN5/c1-7-5-8(13)3-4-9(7)16-11-6-10(15-2)17-12(14)18-11/h3-6H,1-2H3,(H4,14,15,16,17,18). The van der Waals surface area contributed by atoms with Crippen molar-refractivity contribution in [3.63, 3.8) is 0 Å². The molecular weight excluding hydrogens is 294 g/mol. The van der Waals surface area contributed by atoms with Crippen LogP contribution in [-0.2, 0) is 0 Å². The molecule has 0 atom stereocenters. The van der Waals surface area contributed by atoms with Crippen molar-refractivity contribution >= 4 is 39.2 Å². The van der Waals surface area contributed by atoms with Crippen molar-refractivity contribution in [3.05, 3.63) is 34.3 Å². The zero-order chi connectivity index (χ0) is 13.1. The van der Waals surface area contributed by atoms with Gasteiger partial charge in [0, 0.05) is 23.3 Å². The minimum atomic E-state index is 0.235. The number of benzene rings is 1. The summed E-state index contributed by atoms with van der Waals surface area (Å²) in [7, 11) is 1.79. The van der Waals surface area contributed by atoms with Gasteiger partial charge in [0.05, 0.1) is 0 Å². The Balaban J connectivity index is 2.30. The molecule has 0 bridgehead atoms. The number of anilines is 4. The first-order valence-corrected chi connectivity index (χ1v) is 6.23. The second kappa shape index (κ2) is 5.22. The first-order chi connectivity index (χ1) is 8.58. The summed E-state index contributed by atoms with van der Waals surface area (Å²) in [6, 6.07) is 7.79. The van der Waals surface area contributed by atoms with Crippen LogP contribution in [0.25, 0.3) is 0 Å². The molecule has 4 N–H and O–H groups in total. The predicted octanol–water partition coefficient (Wildman–Crippen LogP) is 2.92. The Morgan fingerprint density at radius 1 is 1.17 bits per heavy atom. The number of hydrogen-bond acceptors (Lipinski definition) is 5. The molecule has 1 aromatic carbocycles. The van der Waals surface area contributed by atoms with Gasteiger partial charge < -0.3 is 16.4 Å². The summed E-state index contributed by atoms with van der Waals surface area (Å²) in [6.45, 7) is 2.02. The van der Waals surface area contributed by atoms with E-state index < -0.39 is 0 Å². The van der Waals surface area contributed by atoms with Gasteiger partial charge >= 0.3 is 0 Å². The Kier molecular flexibility index (Phi) is 3.66. The van der Waals surface area contributed by atoms with Gasteiger partial charge in [-0.15, -0.1) is 0 Å². The lowest BCUT2D eigenvalue weighted by molar-refractivity contribution is 1.17. The minimum Gasteiger partial charge on any atom is -0.373 e. The number of halogens is 1. The Hall–Kier alpha value is -1.82. The van der Waals surface area contributed by atoms with Crippen molar-refractivity contribution in [2.24, 2.45) is 0 Å². The molecule has 1 aromatic heterocycles. The van der Waals surface area contributed by atoms with Gasteiger partial charge in [0.2, 0.25) is 5.95 Å². The van der Waals surface area contributed by atoms with Crippen LogP contribution in [-0.4, -0.2) is 17.0 Å². The monoisotopic (exact) mass is 307 g/mol. The molecule has 0 amide bonds. The van der Waals surface area contributed by atoms with Gasteiger partial charge in [0.15, 0.2) is 0 Å². The third-order valence-electron chi connectivity index (χ3n) is 2.45. The largest absolute Gasteiger partial charge is 0.373 e. The van der Waals surface area contributed by atoms with E-state index >= 15 is 0 Å². The van der Waals surface area contributed by atoms with Crippen LogP contribution in [0.4, 0.5) is 23.3 Å². The average Bonchev–Trinajstić information content (AvgIpc) is 2.32. The van der Waals surface area contributed by atoms with E-state index in [0.29, 0.717) is 11.6 Å². The maximum absolute atomic E-state index is 5.64. The number of hydrogen-bond donors (Lipinski definition) is 3. The van der Waals surface area contributed by atoms with Crippen LogP contribution in [0.5, 0.6) is 0 Å². The molecule has 1 heterocycles. The molecule has 6 heteroatoms. The number of rotatable bonds is 3. The molecule has 2 aromatic rings. The van der Waals surface area contributed by atoms with E-state index in [0.717, 1.165) is 15.7 Å². The number of nitrogens with two attached hydrogens (primary N) is 1. The maximum Gasteiger partial charge on any atom is 0.223 e. The number of nitrogens with zero attached hydrogens (tertiary/aromatic N) is 2. The SMILES string of the molecule is CNc1cc(Nc2ccc(Br)cc2C)nc(N)n1. The highest BCUT2D eigenvalue weighted by atomic mass is 79.9. The fraction of sp³-hybridized carbons (Fsp3) is 0.167. The van der Waals surface area contributed by atoms with Gasteiger partial charge in [0.1, 0.15) is 11.6 Å². The molecule has 0 aliphatic carbocycles. The Bertz CT molecular complexity index is 570. The molecule has 0 saturated carbocycles. The third-order valence-corrected chi connectivity index (χ3v) is 2.94. The van der Waals surface area contributed by atoms with E-state index in [1.54, 1.807) is 13.1 Å². The summed E-state index contributed by atoms with van der Waals surface area (Å²) in [5.41, 5.74) is 7.74. The fourth-order valence-corrected chi connectivity index (χ4v) is 2.04. The van der Waals surface area contributed by atoms with Crippen LogP contribution in [0.1, 0.15) is 5.56 Å². The zero-order valence-corrected chi connectivity index (χ0v) is 11.7. The van der Waals surface area contributed by atoms with Crippen LogP contribution in [0.15, 0.2) is 28.7 Å². The van der Waals surface area contributed by atoms with E-state index in [1.165, 1.54) is 0 Å². The van der Waals surface area contributed by atoms with Crippen LogP contribution < -0.4 is 16.4 Å². The maximum atomic E-state index is 5.64. The molecule has 0 aliphatic rings. The van der Waals surface area contributed by atoms with E-state index in [-0.39, 0.29) is 5.95 Å². The number of nitrogen functional groups attached to an aromatic ring is 1. The van der Waals surface area contributed by atoms with E-state index in [4.69, 9.17) is 5.73 Å². The second-order valence-electron chi connectivity index (χ2n) is 3.83. The van der Waals surface area contributed by atoms with Crippen LogP contribution in [0, 0.1) is 6.92 Å². The summed E-state index contributed by atoms with van der Waals surface area (Å²) in [5, 5.41) is 6.16. The van der Waals surface area contributed by atoms with Crippen molar-refractivity contribution in [2.75, 3.05) is 23.4 Å². The molecule has 18 heavy (non-hydrogen) atoms. The molecule has 0 fully saturated rings. The lowest BCUT2D eigenvalue weighted by atomic mass is 10.2. The van der Waals surface area contributed by atoms with Crippen LogP contribution in [0.3, 0.4) is 0 Å². The molecule has 0 aliphatic heterocycles. The summed E-state index contributed by atoms with van der Waals surface area (Å²) in [5.74, 6) is 1.58. The van der Waals surface area contributed by atoms with Crippen molar-refractivity contribution in [3.8, 4) is 0 Å². The Labute approximate surface area is 114 Å². The minimum absolute atomic E-state index is 0.235. The topological polar surface area (TPSA) is 75.9 Å². The lowest BCUT2D eigenvalue weighted by Crippen LogP contribution is -2.03. The van der Waals surface area contributed by atoms with E-state index in [2.05, 4.69) is 36.5 Å². The summed E-state index contributed by atoms with van der Waals surface area (Å²) < 4.78 is 1.05. The fourth-order valence-electron chi connectivity index (χ4n) is 1.56. The quantitative estimate of drug-likeness (QED) is 0.813. The van der Waals surface area contributed by atoms with Crippen molar-refractivity contribution in [1.29, 1.82) is 0 Å². The van der Waals surface area contributed by atoms with Gasteiger partial charge in [0.25, 0.3) is 0 Å². The number of aromatic nitrogens is 2. The first kappa shape index (κ1) is 12.6. The van der Waals surface area contributed by atoms with Gasteiger partial charge in [-0.1, -0.05) is 15.9 Å². The zero-order valence-electron chi connectivity index (χ0n) is 10.2. The van der Waals surface area contributed by atoms with Gasteiger partial charge in [-0.3, -0.25) is 0 Å². The second-order valence-corrected chi connectivity index (χ2v) is 4.75. The van der Waals surface area contributed by atoms with E-state index in [9.17, 15) is 0 Å². The van der Waals surface area contributed by atoms with E-state index in [1.807, 2.05) is 25.1 Å². The van der Waals surface area contributed by atoms with Crippen LogP contribution in [0.2, 0.25) is 0 Å². The van der Waals surface area contributed by atoms with Gasteiger partial charge in [-0.25, -0.2) is 0 Å².